The molecule has 5 aromatic heterocycles. The van der Waals surface area contributed by atoms with Gasteiger partial charge in [-0.05, 0) is 100 Å². The van der Waals surface area contributed by atoms with Gasteiger partial charge in [-0.1, -0.05) is 13.8 Å². The Morgan fingerprint density at radius 1 is 0.821 bits per heavy atom. The van der Waals surface area contributed by atoms with Crippen molar-refractivity contribution in [2.24, 2.45) is 13.0 Å². The first-order valence-electron chi connectivity index (χ1n) is 22.5. The third-order valence-corrected chi connectivity index (χ3v) is 14.8. The molecular formula is C51H58N8O6S2. The number of carbonyl (C=O) groups is 2. The van der Waals surface area contributed by atoms with E-state index in [0.717, 1.165) is 79.1 Å². The molecule has 0 saturated carbocycles. The number of ether oxygens (including phenoxy) is 4. The Hall–Kier alpha value is -6.39. The lowest BCUT2D eigenvalue weighted by Crippen LogP contribution is -2.46. The number of amides is 2. The molecule has 2 aliphatic heterocycles. The summed E-state index contributed by atoms with van der Waals surface area (Å²) in [6.45, 7) is 14.9. The number of thiophene rings is 2. The standard InChI is InChI=1S/C51H58N8O6S2/c1-29(2)20-30-21-33-40(23-38(30)62-11)64-27-36-45(54-59(47(33)36)43-14-13-18-67-43)49(61)57(10)51(6,7)17-15-42-52-25-37(55(42)8)32-22-34-41(24-39(32)63-12)65-26-35-44(48(60)56(9)50(3,4)5)53-58(46(34)35)31-16-19-66-28-31/h13-14,16,18-19,21-25,28-29H,15,17,20,26-27H2,1-12H3. The normalized spacial score (nSPS) is 13.0. The van der Waals surface area contributed by atoms with Crippen molar-refractivity contribution in [2.75, 3.05) is 28.3 Å². The van der Waals surface area contributed by atoms with Crippen LogP contribution < -0.4 is 18.9 Å². The zero-order valence-electron chi connectivity index (χ0n) is 40.3. The number of methoxy groups -OCH3 is 2. The fourth-order valence-electron chi connectivity index (χ4n) is 8.83. The van der Waals surface area contributed by atoms with Gasteiger partial charge in [0, 0.05) is 84.0 Å². The second kappa shape index (κ2) is 17.4. The molecule has 7 aromatic rings. The molecule has 2 aliphatic rings. The number of aryl methyl sites for hydroxylation is 1. The van der Waals surface area contributed by atoms with Crippen molar-refractivity contribution in [1.82, 2.24) is 38.9 Å². The molecule has 16 heteroatoms. The number of carbonyl (C=O) groups excluding carboxylic acids is 2. The Labute approximate surface area is 399 Å². The SMILES string of the molecule is COc1cc2c(cc1CC(C)C)-c1c(c(C(=O)N(C)C(C)(C)CCc3ncc(-c4cc5c(cc4OC)OCc4c(C(=O)N(C)C(C)(C)C)nn(-c6ccsc6)c4-5)n3C)nn1-c1cccs1)CO2. The summed E-state index contributed by atoms with van der Waals surface area (Å²) in [7, 11) is 8.98. The molecule has 2 amide bonds. The number of rotatable bonds is 13. The first-order chi connectivity index (χ1) is 31.9. The highest BCUT2D eigenvalue weighted by molar-refractivity contribution is 7.12. The van der Waals surface area contributed by atoms with Crippen molar-refractivity contribution >= 4 is 34.5 Å². The van der Waals surface area contributed by atoms with Gasteiger partial charge in [0.1, 0.15) is 47.0 Å². The summed E-state index contributed by atoms with van der Waals surface area (Å²) in [5, 5.41) is 16.9. The number of benzene rings is 2. The molecule has 9 rings (SSSR count). The van der Waals surface area contributed by atoms with Gasteiger partial charge in [-0.3, -0.25) is 9.59 Å². The van der Waals surface area contributed by atoms with Crippen LogP contribution in [0.3, 0.4) is 0 Å². The van der Waals surface area contributed by atoms with Gasteiger partial charge < -0.3 is 33.3 Å². The molecule has 350 valence electrons. The molecule has 0 fully saturated rings. The van der Waals surface area contributed by atoms with Crippen LogP contribution in [-0.2, 0) is 33.1 Å². The van der Waals surface area contributed by atoms with Crippen molar-refractivity contribution in [3.8, 4) is 67.5 Å². The number of fused-ring (bicyclic) bond motifs is 6. The second-order valence-electron chi connectivity index (χ2n) is 19.3. The summed E-state index contributed by atoms with van der Waals surface area (Å²) in [6, 6.07) is 14.1. The average Bonchev–Trinajstić information content (AvgIpc) is 4.16. The Kier molecular flexibility index (Phi) is 11.9. The highest BCUT2D eigenvalue weighted by Crippen LogP contribution is 2.48. The molecule has 0 N–H and O–H groups in total. The van der Waals surface area contributed by atoms with E-state index in [0.29, 0.717) is 47.4 Å². The van der Waals surface area contributed by atoms with Gasteiger partial charge in [0.15, 0.2) is 11.4 Å². The maximum Gasteiger partial charge on any atom is 0.274 e. The molecule has 0 saturated heterocycles. The number of imidazole rings is 1. The van der Waals surface area contributed by atoms with E-state index in [1.165, 1.54) is 0 Å². The van der Waals surface area contributed by atoms with E-state index in [-0.39, 0.29) is 25.0 Å². The fraction of sp³-hybridized carbons (Fsp3) is 0.392. The first-order valence-corrected chi connectivity index (χ1v) is 24.3. The molecule has 67 heavy (non-hydrogen) atoms. The van der Waals surface area contributed by atoms with Gasteiger partial charge in [0.05, 0.1) is 43.2 Å². The predicted octanol–water partition coefficient (Wildman–Crippen LogP) is 10.3. The zero-order valence-corrected chi connectivity index (χ0v) is 41.9. The number of nitrogens with zero attached hydrogens (tertiary/aromatic N) is 8. The van der Waals surface area contributed by atoms with Gasteiger partial charge in [-0.25, -0.2) is 14.3 Å². The second-order valence-corrected chi connectivity index (χ2v) is 21.0. The van der Waals surface area contributed by atoms with Crippen LogP contribution in [0.15, 0.2) is 64.8 Å². The van der Waals surface area contributed by atoms with Crippen LogP contribution in [0.25, 0.3) is 44.5 Å². The van der Waals surface area contributed by atoms with E-state index in [1.54, 1.807) is 53.7 Å². The van der Waals surface area contributed by atoms with Crippen LogP contribution >= 0.6 is 22.7 Å². The quantitative estimate of drug-likeness (QED) is 0.111. The smallest absolute Gasteiger partial charge is 0.274 e. The minimum atomic E-state index is -0.596. The largest absolute Gasteiger partial charge is 0.496 e. The van der Waals surface area contributed by atoms with Crippen LogP contribution in [-0.4, -0.2) is 90.1 Å². The lowest BCUT2D eigenvalue weighted by atomic mass is 9.94. The summed E-state index contributed by atoms with van der Waals surface area (Å²) in [5.74, 6) is 3.66. The van der Waals surface area contributed by atoms with Gasteiger partial charge in [0.2, 0.25) is 0 Å². The number of hydrogen-bond acceptors (Lipinski definition) is 11. The van der Waals surface area contributed by atoms with Crippen molar-refractivity contribution in [3.05, 3.63) is 98.7 Å². The van der Waals surface area contributed by atoms with E-state index >= 15 is 0 Å². The van der Waals surface area contributed by atoms with Crippen molar-refractivity contribution in [2.45, 2.75) is 92.0 Å². The maximum atomic E-state index is 14.7. The molecule has 0 spiro atoms. The van der Waals surface area contributed by atoms with Crippen LogP contribution in [0.4, 0.5) is 0 Å². The van der Waals surface area contributed by atoms with E-state index < -0.39 is 11.1 Å². The molecule has 0 atom stereocenters. The zero-order chi connectivity index (χ0) is 47.7. The third kappa shape index (κ3) is 8.07. The van der Waals surface area contributed by atoms with E-state index in [2.05, 4.69) is 44.4 Å². The lowest BCUT2D eigenvalue weighted by molar-refractivity contribution is 0.0600. The Balaban J connectivity index is 1.01. The third-order valence-electron chi connectivity index (χ3n) is 13.2. The molecule has 7 heterocycles. The maximum absolute atomic E-state index is 14.7. The predicted molar refractivity (Wildman–Crippen MR) is 263 cm³/mol. The van der Waals surface area contributed by atoms with Crippen molar-refractivity contribution < 1.29 is 28.5 Å². The summed E-state index contributed by atoms with van der Waals surface area (Å²) >= 11 is 3.14. The highest BCUT2D eigenvalue weighted by Gasteiger charge is 2.38. The first kappa shape index (κ1) is 45.8. The van der Waals surface area contributed by atoms with Crippen molar-refractivity contribution in [3.63, 3.8) is 0 Å². The number of aromatic nitrogens is 6. The molecular weight excluding hydrogens is 885 g/mol. The van der Waals surface area contributed by atoms with Gasteiger partial charge in [-0.15, -0.1) is 11.3 Å². The average molecular weight is 943 g/mol. The van der Waals surface area contributed by atoms with Crippen LogP contribution in [0.2, 0.25) is 0 Å². The van der Waals surface area contributed by atoms with Gasteiger partial charge in [-0.2, -0.15) is 21.5 Å². The minimum Gasteiger partial charge on any atom is -0.496 e. The minimum absolute atomic E-state index is 0.172. The highest BCUT2D eigenvalue weighted by atomic mass is 32.1. The Morgan fingerprint density at radius 3 is 2.04 bits per heavy atom. The Bertz CT molecular complexity index is 3010. The molecule has 0 aliphatic carbocycles. The fourth-order valence-corrected chi connectivity index (χ4v) is 10.1. The summed E-state index contributed by atoms with van der Waals surface area (Å²) in [6.07, 6.45) is 3.89. The lowest BCUT2D eigenvalue weighted by Gasteiger charge is -2.35. The molecule has 0 bridgehead atoms. The van der Waals surface area contributed by atoms with Gasteiger partial charge in [0.25, 0.3) is 11.8 Å². The summed E-state index contributed by atoms with van der Waals surface area (Å²) in [4.78, 5) is 37.2. The molecule has 0 radical (unpaired) electrons. The monoisotopic (exact) mass is 942 g/mol. The summed E-state index contributed by atoms with van der Waals surface area (Å²) < 4.78 is 30.4. The van der Waals surface area contributed by atoms with Crippen molar-refractivity contribution in [1.29, 1.82) is 0 Å². The van der Waals surface area contributed by atoms with Crippen LogP contribution in [0.1, 0.15) is 98.4 Å². The van der Waals surface area contributed by atoms with Gasteiger partial charge >= 0.3 is 0 Å². The summed E-state index contributed by atoms with van der Waals surface area (Å²) in [5.41, 5.74) is 8.18. The number of hydrogen-bond donors (Lipinski definition) is 0. The van der Waals surface area contributed by atoms with E-state index in [9.17, 15) is 9.59 Å². The topological polar surface area (TPSA) is 131 Å². The van der Waals surface area contributed by atoms with Crippen LogP contribution in [0, 0.1) is 5.92 Å². The Morgan fingerprint density at radius 2 is 1.45 bits per heavy atom. The molecule has 14 nitrogen and oxygen atoms in total. The van der Waals surface area contributed by atoms with E-state index in [1.807, 2.05) is 96.9 Å². The van der Waals surface area contributed by atoms with E-state index in [4.69, 9.17) is 34.1 Å². The van der Waals surface area contributed by atoms with Crippen LogP contribution in [0.5, 0.6) is 23.0 Å². The molecule has 2 aromatic carbocycles. The molecule has 0 unspecified atom stereocenters.